The quantitative estimate of drug-likeness (QED) is 0.500. The molecular formula is C24H42N5O3PS2. The minimum Gasteiger partial charge on any atom is -0.357 e. The van der Waals surface area contributed by atoms with Crippen molar-refractivity contribution in [3.8, 4) is 0 Å². The van der Waals surface area contributed by atoms with Gasteiger partial charge in [-0.15, -0.1) is 0 Å². The number of thioether (sulfide) groups is 1. The van der Waals surface area contributed by atoms with Crippen LogP contribution in [0, 0.1) is 0 Å². The molecule has 0 spiro atoms. The molecule has 0 N–H and O–H groups in total. The van der Waals surface area contributed by atoms with Gasteiger partial charge in [-0.2, -0.15) is 14.2 Å². The summed E-state index contributed by atoms with van der Waals surface area (Å²) in [5.41, 5.74) is -0.0325. The van der Waals surface area contributed by atoms with Gasteiger partial charge in [0.25, 0.3) is 0 Å². The van der Waals surface area contributed by atoms with Gasteiger partial charge in [-0.1, -0.05) is 53.3 Å². The standard InChI is InChI=1S/C20H27N5O3S2.2C2H6.H3P/c1-3-10-24(4-2)30(27,28)16-14-25(20-21-9-13-29-20)19-15(18(16)26)7-8-17(22-19)23-11-5-6-12-23;2*1-2;/h7-8,14H,3-6,9-13H2,1-2H3;2*1-2H3;1H3. The van der Waals surface area contributed by atoms with Gasteiger partial charge in [0.05, 0.1) is 11.9 Å². The first-order valence-electron chi connectivity index (χ1n) is 12.5. The molecule has 2 aliphatic heterocycles. The van der Waals surface area contributed by atoms with Crippen LogP contribution in [0.5, 0.6) is 0 Å². The Labute approximate surface area is 218 Å². The summed E-state index contributed by atoms with van der Waals surface area (Å²) in [7, 11) is -3.92. The summed E-state index contributed by atoms with van der Waals surface area (Å²) in [6.45, 7) is 14.9. The molecule has 0 radical (unpaired) electrons. The molecule has 0 amide bonds. The molecule has 0 bridgehead atoms. The van der Waals surface area contributed by atoms with Crippen LogP contribution in [-0.4, -0.2) is 65.9 Å². The summed E-state index contributed by atoms with van der Waals surface area (Å²) in [5, 5.41) is 0.989. The fraction of sp³-hybridized carbons (Fsp3) is 0.625. The van der Waals surface area contributed by atoms with Crippen LogP contribution >= 0.6 is 21.7 Å². The number of hydrogen-bond donors (Lipinski definition) is 0. The maximum Gasteiger partial charge on any atom is 0.248 e. The van der Waals surface area contributed by atoms with Crippen molar-refractivity contribution in [1.82, 2.24) is 13.9 Å². The average Bonchev–Trinajstić information content (AvgIpc) is 3.60. The maximum atomic E-state index is 13.3. The highest BCUT2D eigenvalue weighted by atomic mass is 32.2. The van der Waals surface area contributed by atoms with E-state index in [1.54, 1.807) is 29.3 Å². The van der Waals surface area contributed by atoms with Gasteiger partial charge in [0.2, 0.25) is 15.5 Å². The second-order valence-corrected chi connectivity index (χ2v) is 10.4. The lowest BCUT2D eigenvalue weighted by molar-refractivity contribution is 0.426. The van der Waals surface area contributed by atoms with E-state index in [4.69, 9.17) is 4.98 Å². The summed E-state index contributed by atoms with van der Waals surface area (Å²) in [6.07, 6.45) is 4.35. The van der Waals surface area contributed by atoms with Crippen molar-refractivity contribution < 1.29 is 8.42 Å². The third-order valence-electron chi connectivity index (χ3n) is 5.45. The second-order valence-electron chi connectivity index (χ2n) is 7.44. The van der Waals surface area contributed by atoms with E-state index in [9.17, 15) is 13.2 Å². The predicted molar refractivity (Wildman–Crippen MR) is 156 cm³/mol. The van der Waals surface area contributed by atoms with Gasteiger partial charge in [-0.3, -0.25) is 14.4 Å². The van der Waals surface area contributed by atoms with E-state index in [1.807, 2.05) is 40.7 Å². The molecule has 1 fully saturated rings. The van der Waals surface area contributed by atoms with E-state index in [2.05, 4.69) is 9.89 Å². The van der Waals surface area contributed by atoms with Gasteiger partial charge < -0.3 is 4.90 Å². The zero-order chi connectivity index (χ0) is 25.3. The first-order valence-corrected chi connectivity index (χ1v) is 14.9. The summed E-state index contributed by atoms with van der Waals surface area (Å²) >= 11 is 1.55. The first kappa shape index (κ1) is 31.5. The van der Waals surface area contributed by atoms with E-state index < -0.39 is 15.5 Å². The van der Waals surface area contributed by atoms with Crippen molar-refractivity contribution >= 4 is 53.7 Å². The molecule has 4 heterocycles. The van der Waals surface area contributed by atoms with Gasteiger partial charge in [-0.05, 0) is 31.4 Å². The Hall–Kier alpha value is -1.48. The van der Waals surface area contributed by atoms with Gasteiger partial charge >= 0.3 is 0 Å². The number of aromatic nitrogens is 2. The van der Waals surface area contributed by atoms with E-state index in [0.29, 0.717) is 42.3 Å². The Bertz CT molecular complexity index is 1150. The zero-order valence-corrected chi connectivity index (χ0v) is 25.1. The van der Waals surface area contributed by atoms with Crippen molar-refractivity contribution in [1.29, 1.82) is 0 Å². The summed E-state index contributed by atoms with van der Waals surface area (Å²) < 4.78 is 29.6. The van der Waals surface area contributed by atoms with Crippen molar-refractivity contribution in [2.24, 2.45) is 4.99 Å². The Kier molecular flexibility index (Phi) is 13.5. The van der Waals surface area contributed by atoms with Crippen LogP contribution in [0.2, 0.25) is 0 Å². The second kappa shape index (κ2) is 14.9. The number of rotatable bonds is 6. The molecule has 1 saturated heterocycles. The lowest BCUT2D eigenvalue weighted by Gasteiger charge is -2.21. The number of fused-ring (bicyclic) bond motifs is 1. The smallest absolute Gasteiger partial charge is 0.248 e. The van der Waals surface area contributed by atoms with Crippen molar-refractivity contribution in [2.45, 2.75) is 65.7 Å². The van der Waals surface area contributed by atoms with Gasteiger partial charge in [0.15, 0.2) is 10.8 Å². The Morgan fingerprint density at radius 1 is 1.09 bits per heavy atom. The highest BCUT2D eigenvalue weighted by molar-refractivity contribution is 8.14. The molecule has 1 unspecified atom stereocenters. The fourth-order valence-corrected chi connectivity index (χ4v) is 6.38. The molecule has 2 aromatic rings. The Balaban J connectivity index is 0.00000117. The number of aliphatic imine (C=N–C) groups is 1. The van der Waals surface area contributed by atoms with Crippen LogP contribution in [0.15, 0.2) is 33.0 Å². The van der Waals surface area contributed by atoms with Crippen LogP contribution < -0.4 is 10.3 Å². The van der Waals surface area contributed by atoms with E-state index in [-0.39, 0.29) is 14.8 Å². The summed E-state index contributed by atoms with van der Waals surface area (Å²) in [5.74, 6) is 1.64. The maximum absolute atomic E-state index is 13.3. The number of hydrogen-bond acceptors (Lipinski definition) is 7. The van der Waals surface area contributed by atoms with Crippen LogP contribution in [0.3, 0.4) is 0 Å². The van der Waals surface area contributed by atoms with Crippen molar-refractivity contribution in [2.75, 3.05) is 43.4 Å². The number of pyridine rings is 2. The number of anilines is 1. The highest BCUT2D eigenvalue weighted by Gasteiger charge is 2.29. The summed E-state index contributed by atoms with van der Waals surface area (Å²) in [6, 6.07) is 3.53. The normalized spacial score (nSPS) is 15.2. The van der Waals surface area contributed by atoms with Crippen molar-refractivity contribution in [3.63, 3.8) is 0 Å². The molecule has 35 heavy (non-hydrogen) atoms. The predicted octanol–water partition coefficient (Wildman–Crippen LogP) is 4.48. The van der Waals surface area contributed by atoms with Crippen molar-refractivity contribution in [3.05, 3.63) is 28.6 Å². The fourth-order valence-electron chi connectivity index (χ4n) is 3.93. The van der Waals surface area contributed by atoms with Crippen LogP contribution in [-0.2, 0) is 10.0 Å². The molecule has 11 heteroatoms. The van der Waals surface area contributed by atoms with Crippen LogP contribution in [0.4, 0.5) is 5.82 Å². The molecule has 198 valence electrons. The Morgan fingerprint density at radius 2 is 1.74 bits per heavy atom. The monoisotopic (exact) mass is 543 g/mol. The van der Waals surface area contributed by atoms with Crippen LogP contribution in [0.1, 0.15) is 60.8 Å². The van der Waals surface area contributed by atoms with E-state index >= 15 is 0 Å². The molecule has 2 aliphatic rings. The lowest BCUT2D eigenvalue weighted by Crippen LogP contribution is -2.35. The molecule has 4 rings (SSSR count). The van der Waals surface area contributed by atoms with E-state index in [1.165, 1.54) is 10.5 Å². The highest BCUT2D eigenvalue weighted by Crippen LogP contribution is 2.25. The lowest BCUT2D eigenvalue weighted by atomic mass is 10.2. The minimum absolute atomic E-state index is 0. The number of nitrogens with zero attached hydrogens (tertiary/aromatic N) is 5. The molecule has 0 saturated carbocycles. The molecule has 0 aliphatic carbocycles. The topological polar surface area (TPSA) is 87.9 Å². The Morgan fingerprint density at radius 3 is 2.29 bits per heavy atom. The van der Waals surface area contributed by atoms with Gasteiger partial charge in [0.1, 0.15) is 10.7 Å². The molecule has 2 aromatic heterocycles. The molecule has 8 nitrogen and oxygen atoms in total. The van der Waals surface area contributed by atoms with E-state index in [0.717, 1.165) is 37.5 Å². The largest absolute Gasteiger partial charge is 0.357 e. The zero-order valence-electron chi connectivity index (χ0n) is 22.1. The summed E-state index contributed by atoms with van der Waals surface area (Å²) in [4.78, 5) is 24.6. The first-order chi connectivity index (χ1) is 16.5. The third kappa shape index (κ3) is 6.85. The minimum atomic E-state index is -3.92. The third-order valence-corrected chi connectivity index (χ3v) is 8.39. The van der Waals surface area contributed by atoms with Crippen LogP contribution in [0.25, 0.3) is 11.0 Å². The average molecular weight is 544 g/mol. The molecule has 1 atom stereocenters. The molecule has 0 aromatic carbocycles. The van der Waals surface area contributed by atoms with Gasteiger partial charge in [0, 0.05) is 38.1 Å². The van der Waals surface area contributed by atoms with Gasteiger partial charge in [-0.25, -0.2) is 13.4 Å². The SMILES string of the molecule is CC.CC.CCCN(CC)S(=O)(=O)c1cn(C2=NCCS2)c2nc(N3CCCC3)ccc2c1=O.P. The number of sulfonamides is 1. The molecular weight excluding hydrogens is 501 g/mol.